The zero-order chi connectivity index (χ0) is 15.7. The molecule has 2 aromatic rings. The van der Waals surface area contributed by atoms with E-state index in [2.05, 4.69) is 10.1 Å². The van der Waals surface area contributed by atoms with Crippen molar-refractivity contribution in [1.82, 2.24) is 15.0 Å². The van der Waals surface area contributed by atoms with Crippen LogP contribution in [0.4, 0.5) is 5.69 Å². The lowest BCUT2D eigenvalue weighted by Gasteiger charge is -2.22. The van der Waals surface area contributed by atoms with E-state index in [9.17, 15) is 4.79 Å². The maximum absolute atomic E-state index is 12.8. The number of aryl methyl sites for hydroxylation is 1. The SMILES string of the molecule is Cc1noc(C2CCCN2C(=O)c2cccc(N(C)C)c2)n1. The smallest absolute Gasteiger partial charge is 0.254 e. The normalized spacial score (nSPS) is 17.8. The van der Waals surface area contributed by atoms with E-state index in [0.717, 1.165) is 25.1 Å². The summed E-state index contributed by atoms with van der Waals surface area (Å²) in [7, 11) is 3.92. The van der Waals surface area contributed by atoms with Gasteiger partial charge in [-0.15, -0.1) is 0 Å². The molecule has 0 aliphatic carbocycles. The Balaban J connectivity index is 1.86. The molecule has 22 heavy (non-hydrogen) atoms. The minimum absolute atomic E-state index is 0.0158. The van der Waals surface area contributed by atoms with Crippen molar-refractivity contribution in [2.75, 3.05) is 25.5 Å². The largest absolute Gasteiger partial charge is 0.378 e. The first-order valence-electron chi connectivity index (χ1n) is 7.45. The second-order valence-electron chi connectivity index (χ2n) is 5.78. The monoisotopic (exact) mass is 300 g/mol. The van der Waals surface area contributed by atoms with E-state index < -0.39 is 0 Å². The summed E-state index contributed by atoms with van der Waals surface area (Å²) in [5, 5.41) is 3.83. The van der Waals surface area contributed by atoms with Crippen LogP contribution in [0, 0.1) is 6.92 Å². The van der Waals surface area contributed by atoms with Gasteiger partial charge in [-0.2, -0.15) is 4.98 Å². The van der Waals surface area contributed by atoms with Crippen molar-refractivity contribution >= 4 is 11.6 Å². The Hall–Kier alpha value is -2.37. The number of hydrogen-bond acceptors (Lipinski definition) is 5. The zero-order valence-corrected chi connectivity index (χ0v) is 13.1. The lowest BCUT2D eigenvalue weighted by Crippen LogP contribution is -2.30. The highest BCUT2D eigenvalue weighted by molar-refractivity contribution is 5.95. The summed E-state index contributed by atoms with van der Waals surface area (Å²) >= 11 is 0. The molecule has 2 heterocycles. The number of anilines is 1. The van der Waals surface area contributed by atoms with Crippen molar-refractivity contribution in [3.63, 3.8) is 0 Å². The summed E-state index contributed by atoms with van der Waals surface area (Å²) in [5.74, 6) is 1.15. The number of aromatic nitrogens is 2. The third-order valence-corrected chi connectivity index (χ3v) is 3.95. The van der Waals surface area contributed by atoms with Crippen LogP contribution >= 0.6 is 0 Å². The van der Waals surface area contributed by atoms with Crippen LogP contribution in [0.2, 0.25) is 0 Å². The van der Waals surface area contributed by atoms with Gasteiger partial charge in [0.2, 0.25) is 5.89 Å². The zero-order valence-electron chi connectivity index (χ0n) is 13.1. The number of carbonyl (C=O) groups is 1. The lowest BCUT2D eigenvalue weighted by molar-refractivity contribution is 0.0710. The number of rotatable bonds is 3. The molecule has 3 rings (SSSR count). The summed E-state index contributed by atoms with van der Waals surface area (Å²) in [4.78, 5) is 20.9. The van der Waals surface area contributed by atoms with Crippen LogP contribution in [-0.2, 0) is 0 Å². The Morgan fingerprint density at radius 1 is 1.41 bits per heavy atom. The lowest BCUT2D eigenvalue weighted by atomic mass is 10.1. The van der Waals surface area contributed by atoms with Crippen LogP contribution in [0.15, 0.2) is 28.8 Å². The third-order valence-electron chi connectivity index (χ3n) is 3.95. The molecular weight excluding hydrogens is 280 g/mol. The number of amides is 1. The van der Waals surface area contributed by atoms with Gasteiger partial charge in [0.1, 0.15) is 6.04 Å². The molecular formula is C16H20N4O2. The van der Waals surface area contributed by atoms with Gasteiger partial charge in [0.15, 0.2) is 5.82 Å². The molecule has 1 aromatic carbocycles. The average Bonchev–Trinajstić information content (AvgIpc) is 3.15. The van der Waals surface area contributed by atoms with Crippen LogP contribution in [0.25, 0.3) is 0 Å². The van der Waals surface area contributed by atoms with E-state index in [-0.39, 0.29) is 11.9 Å². The average molecular weight is 300 g/mol. The Labute approximate surface area is 129 Å². The van der Waals surface area contributed by atoms with E-state index in [0.29, 0.717) is 17.3 Å². The number of nitrogens with zero attached hydrogens (tertiary/aromatic N) is 4. The molecule has 0 saturated carbocycles. The minimum atomic E-state index is -0.114. The quantitative estimate of drug-likeness (QED) is 0.871. The first-order chi connectivity index (χ1) is 10.6. The minimum Gasteiger partial charge on any atom is -0.378 e. The molecule has 1 amide bonds. The molecule has 1 atom stereocenters. The molecule has 0 radical (unpaired) electrons. The molecule has 1 saturated heterocycles. The summed E-state index contributed by atoms with van der Waals surface area (Å²) < 4.78 is 5.26. The Morgan fingerprint density at radius 3 is 2.91 bits per heavy atom. The fraction of sp³-hybridized carbons (Fsp3) is 0.438. The van der Waals surface area contributed by atoms with Crippen molar-refractivity contribution in [3.05, 3.63) is 41.5 Å². The van der Waals surface area contributed by atoms with Crippen LogP contribution in [-0.4, -0.2) is 41.6 Å². The third kappa shape index (κ3) is 2.68. The second-order valence-corrected chi connectivity index (χ2v) is 5.78. The predicted molar refractivity (Wildman–Crippen MR) is 82.8 cm³/mol. The van der Waals surface area contributed by atoms with E-state index in [1.54, 1.807) is 6.92 Å². The Bertz CT molecular complexity index is 680. The first-order valence-corrected chi connectivity index (χ1v) is 7.45. The number of carbonyl (C=O) groups excluding carboxylic acids is 1. The van der Waals surface area contributed by atoms with Gasteiger partial charge in [0.25, 0.3) is 5.91 Å². The highest BCUT2D eigenvalue weighted by Gasteiger charge is 2.34. The first kappa shape index (κ1) is 14.6. The summed E-state index contributed by atoms with van der Waals surface area (Å²) in [5.41, 5.74) is 1.70. The Morgan fingerprint density at radius 2 is 2.23 bits per heavy atom. The van der Waals surface area contributed by atoms with Crippen LogP contribution < -0.4 is 4.90 Å². The predicted octanol–water partition coefficient (Wildman–Crippen LogP) is 2.42. The maximum Gasteiger partial charge on any atom is 0.254 e. The van der Waals surface area contributed by atoms with E-state index in [1.807, 2.05) is 48.2 Å². The molecule has 6 nitrogen and oxygen atoms in total. The van der Waals surface area contributed by atoms with Crippen molar-refractivity contribution in [2.24, 2.45) is 0 Å². The van der Waals surface area contributed by atoms with Gasteiger partial charge < -0.3 is 14.3 Å². The molecule has 6 heteroatoms. The van der Waals surface area contributed by atoms with E-state index in [4.69, 9.17) is 4.52 Å². The fourth-order valence-corrected chi connectivity index (χ4v) is 2.80. The van der Waals surface area contributed by atoms with E-state index >= 15 is 0 Å². The second kappa shape index (κ2) is 5.79. The van der Waals surface area contributed by atoms with Crippen molar-refractivity contribution < 1.29 is 9.32 Å². The molecule has 0 bridgehead atoms. The number of benzene rings is 1. The highest BCUT2D eigenvalue weighted by Crippen LogP contribution is 2.32. The molecule has 1 aromatic heterocycles. The molecule has 0 N–H and O–H groups in total. The summed E-state index contributed by atoms with van der Waals surface area (Å²) in [6.07, 6.45) is 1.81. The van der Waals surface area contributed by atoms with Crippen molar-refractivity contribution in [3.8, 4) is 0 Å². The highest BCUT2D eigenvalue weighted by atomic mass is 16.5. The van der Waals surface area contributed by atoms with Gasteiger partial charge in [0, 0.05) is 31.9 Å². The van der Waals surface area contributed by atoms with Gasteiger partial charge >= 0.3 is 0 Å². The summed E-state index contributed by atoms with van der Waals surface area (Å²) in [6, 6.07) is 7.54. The molecule has 1 fully saturated rings. The standard InChI is InChI=1S/C16H20N4O2/c1-11-17-15(22-18-11)14-8-5-9-20(14)16(21)12-6-4-7-13(10-12)19(2)3/h4,6-7,10,14H,5,8-9H2,1-3H3. The molecule has 1 aliphatic rings. The van der Waals surface area contributed by atoms with Crippen LogP contribution in [0.5, 0.6) is 0 Å². The van der Waals surface area contributed by atoms with Gasteiger partial charge in [-0.1, -0.05) is 11.2 Å². The molecule has 116 valence electrons. The molecule has 1 aliphatic heterocycles. The molecule has 0 spiro atoms. The fourth-order valence-electron chi connectivity index (χ4n) is 2.80. The topological polar surface area (TPSA) is 62.5 Å². The number of likely N-dealkylation sites (tertiary alicyclic amines) is 1. The van der Waals surface area contributed by atoms with Gasteiger partial charge in [0.05, 0.1) is 0 Å². The van der Waals surface area contributed by atoms with E-state index in [1.165, 1.54) is 0 Å². The van der Waals surface area contributed by atoms with Crippen LogP contribution in [0.3, 0.4) is 0 Å². The van der Waals surface area contributed by atoms with Gasteiger partial charge in [-0.05, 0) is 38.0 Å². The van der Waals surface area contributed by atoms with Crippen molar-refractivity contribution in [2.45, 2.75) is 25.8 Å². The summed E-state index contributed by atoms with van der Waals surface area (Å²) in [6.45, 7) is 2.51. The number of hydrogen-bond donors (Lipinski definition) is 0. The maximum atomic E-state index is 12.8. The van der Waals surface area contributed by atoms with Crippen LogP contribution in [0.1, 0.15) is 41.0 Å². The molecule has 1 unspecified atom stereocenters. The Kier molecular flexibility index (Phi) is 3.83. The van der Waals surface area contributed by atoms with Gasteiger partial charge in [-0.25, -0.2) is 0 Å². The van der Waals surface area contributed by atoms with Crippen molar-refractivity contribution in [1.29, 1.82) is 0 Å². The van der Waals surface area contributed by atoms with Gasteiger partial charge in [-0.3, -0.25) is 4.79 Å².